The number of hydrogen-bond donors (Lipinski definition) is 0. The molecule has 106 valence electrons. The minimum atomic E-state index is -3.52. The zero-order chi connectivity index (χ0) is 14.8. The second-order valence-electron chi connectivity index (χ2n) is 4.80. The molecule has 6 heteroatoms. The highest BCUT2D eigenvalue weighted by Gasteiger charge is 2.29. The largest absolute Gasteiger partial charge is 0.347 e. The molecule has 5 nitrogen and oxygen atoms in total. The Morgan fingerprint density at radius 1 is 1.16 bits per heavy atom. The summed E-state index contributed by atoms with van der Waals surface area (Å²) in [6.45, 7) is 3.51. The summed E-state index contributed by atoms with van der Waals surface area (Å²) in [5, 5.41) is 0. The maximum absolute atomic E-state index is 12.0. The molecule has 0 radical (unpaired) electrons. The SMILES string of the molecule is Cc1ccc(N([C@H](C)C(=O)N(C)C)S(C)(=O)=O)cc1. The number of rotatable bonds is 4. The van der Waals surface area contributed by atoms with Gasteiger partial charge >= 0.3 is 0 Å². The molecule has 0 spiro atoms. The molecule has 1 aromatic carbocycles. The molecular weight excluding hydrogens is 264 g/mol. The minimum absolute atomic E-state index is 0.258. The summed E-state index contributed by atoms with van der Waals surface area (Å²) in [6.07, 6.45) is 1.10. The van der Waals surface area contributed by atoms with Crippen LogP contribution in [0, 0.1) is 6.92 Å². The van der Waals surface area contributed by atoms with Crippen LogP contribution in [0.15, 0.2) is 24.3 Å². The van der Waals surface area contributed by atoms with Crippen LogP contribution >= 0.6 is 0 Å². The highest BCUT2D eigenvalue weighted by Crippen LogP contribution is 2.21. The first-order valence-corrected chi connectivity index (χ1v) is 7.76. The molecule has 1 atom stereocenters. The number of likely N-dealkylation sites (N-methyl/N-ethyl adjacent to an activating group) is 1. The average molecular weight is 284 g/mol. The minimum Gasteiger partial charge on any atom is -0.347 e. The van der Waals surface area contributed by atoms with Gasteiger partial charge in [-0.3, -0.25) is 9.10 Å². The highest BCUT2D eigenvalue weighted by atomic mass is 32.2. The molecule has 0 unspecified atom stereocenters. The van der Waals surface area contributed by atoms with Gasteiger partial charge in [0.05, 0.1) is 11.9 Å². The Morgan fingerprint density at radius 3 is 2.00 bits per heavy atom. The molecule has 1 amide bonds. The van der Waals surface area contributed by atoms with Crippen LogP contribution in [-0.2, 0) is 14.8 Å². The number of nitrogens with zero attached hydrogens (tertiary/aromatic N) is 2. The Hall–Kier alpha value is -1.56. The zero-order valence-corrected chi connectivity index (χ0v) is 12.7. The van der Waals surface area contributed by atoms with Crippen LogP contribution in [0.2, 0.25) is 0 Å². The molecule has 0 aliphatic heterocycles. The number of amides is 1. The van der Waals surface area contributed by atoms with Crippen molar-refractivity contribution in [2.24, 2.45) is 0 Å². The maximum Gasteiger partial charge on any atom is 0.245 e. The van der Waals surface area contributed by atoms with Gasteiger partial charge in [0.2, 0.25) is 15.9 Å². The Kier molecular flexibility index (Phi) is 4.57. The molecular formula is C13H20N2O3S. The Balaban J connectivity index is 3.24. The van der Waals surface area contributed by atoms with Gasteiger partial charge in [-0.05, 0) is 26.0 Å². The number of hydrogen-bond acceptors (Lipinski definition) is 3. The molecule has 1 aromatic rings. The van der Waals surface area contributed by atoms with Crippen LogP contribution in [-0.4, -0.2) is 45.6 Å². The number of carbonyl (C=O) groups is 1. The van der Waals surface area contributed by atoms with Gasteiger partial charge in [0.25, 0.3) is 0 Å². The number of anilines is 1. The smallest absolute Gasteiger partial charge is 0.245 e. The lowest BCUT2D eigenvalue weighted by Crippen LogP contribution is -2.47. The molecule has 0 aliphatic carbocycles. The van der Waals surface area contributed by atoms with Crippen molar-refractivity contribution in [3.8, 4) is 0 Å². The third-order valence-electron chi connectivity index (χ3n) is 2.80. The molecule has 0 saturated heterocycles. The van der Waals surface area contributed by atoms with E-state index in [0.29, 0.717) is 5.69 Å². The molecule has 0 fully saturated rings. The van der Waals surface area contributed by atoms with E-state index in [4.69, 9.17) is 0 Å². The summed E-state index contributed by atoms with van der Waals surface area (Å²) in [7, 11) is -0.312. The van der Waals surface area contributed by atoms with E-state index < -0.39 is 16.1 Å². The lowest BCUT2D eigenvalue weighted by atomic mass is 10.2. The lowest BCUT2D eigenvalue weighted by Gasteiger charge is -2.29. The van der Waals surface area contributed by atoms with Gasteiger partial charge in [-0.1, -0.05) is 17.7 Å². The molecule has 0 aromatic heterocycles. The lowest BCUT2D eigenvalue weighted by molar-refractivity contribution is -0.129. The van der Waals surface area contributed by atoms with E-state index in [1.165, 1.54) is 4.90 Å². The summed E-state index contributed by atoms with van der Waals surface area (Å²) < 4.78 is 25.0. The first-order valence-electron chi connectivity index (χ1n) is 5.92. The maximum atomic E-state index is 12.0. The topological polar surface area (TPSA) is 57.7 Å². The summed E-state index contributed by atoms with van der Waals surface area (Å²) in [6, 6.07) is 6.28. The molecule has 0 aliphatic rings. The summed E-state index contributed by atoms with van der Waals surface area (Å²) in [4.78, 5) is 13.4. The van der Waals surface area contributed by atoms with Crippen molar-refractivity contribution in [3.05, 3.63) is 29.8 Å². The second-order valence-corrected chi connectivity index (χ2v) is 6.66. The quantitative estimate of drug-likeness (QED) is 0.836. The number of carbonyl (C=O) groups excluding carboxylic acids is 1. The second kappa shape index (κ2) is 5.61. The first kappa shape index (κ1) is 15.5. The number of benzene rings is 1. The molecule has 19 heavy (non-hydrogen) atoms. The fourth-order valence-electron chi connectivity index (χ4n) is 1.87. The predicted molar refractivity (Wildman–Crippen MR) is 76.7 cm³/mol. The van der Waals surface area contributed by atoms with Crippen molar-refractivity contribution in [2.45, 2.75) is 19.9 Å². The van der Waals surface area contributed by atoms with Crippen molar-refractivity contribution in [2.75, 3.05) is 24.7 Å². The van der Waals surface area contributed by atoms with Crippen molar-refractivity contribution in [1.82, 2.24) is 4.90 Å². The van der Waals surface area contributed by atoms with Crippen LogP contribution in [0.5, 0.6) is 0 Å². The van der Waals surface area contributed by atoms with E-state index in [1.807, 2.05) is 19.1 Å². The zero-order valence-electron chi connectivity index (χ0n) is 11.9. The van der Waals surface area contributed by atoms with E-state index >= 15 is 0 Å². The van der Waals surface area contributed by atoms with Gasteiger partial charge in [0.15, 0.2) is 0 Å². The summed E-state index contributed by atoms with van der Waals surface area (Å²) >= 11 is 0. The molecule has 0 saturated carbocycles. The fourth-order valence-corrected chi connectivity index (χ4v) is 3.04. The highest BCUT2D eigenvalue weighted by molar-refractivity contribution is 7.92. The van der Waals surface area contributed by atoms with Crippen molar-refractivity contribution in [3.63, 3.8) is 0 Å². The van der Waals surface area contributed by atoms with Crippen molar-refractivity contribution in [1.29, 1.82) is 0 Å². The van der Waals surface area contributed by atoms with Gasteiger partial charge in [-0.25, -0.2) is 8.42 Å². The third-order valence-corrected chi connectivity index (χ3v) is 4.04. The van der Waals surface area contributed by atoms with Crippen LogP contribution in [0.1, 0.15) is 12.5 Å². The average Bonchev–Trinajstić information content (AvgIpc) is 2.29. The Bertz CT molecular complexity index is 550. The van der Waals surface area contributed by atoms with Crippen molar-refractivity contribution < 1.29 is 13.2 Å². The fraction of sp³-hybridized carbons (Fsp3) is 0.462. The van der Waals surface area contributed by atoms with Crippen LogP contribution in [0.25, 0.3) is 0 Å². The summed E-state index contributed by atoms with van der Waals surface area (Å²) in [5.74, 6) is -0.258. The van der Waals surface area contributed by atoms with Crippen LogP contribution in [0.4, 0.5) is 5.69 Å². The van der Waals surface area contributed by atoms with E-state index in [2.05, 4.69) is 0 Å². The van der Waals surface area contributed by atoms with Gasteiger partial charge < -0.3 is 4.90 Å². The van der Waals surface area contributed by atoms with E-state index in [1.54, 1.807) is 33.2 Å². The van der Waals surface area contributed by atoms with E-state index in [0.717, 1.165) is 16.1 Å². The molecule has 1 rings (SSSR count). The first-order chi connectivity index (χ1) is 8.64. The molecule has 0 bridgehead atoms. The number of aryl methyl sites for hydroxylation is 1. The van der Waals surface area contributed by atoms with Gasteiger partial charge in [-0.2, -0.15) is 0 Å². The summed E-state index contributed by atoms with van der Waals surface area (Å²) in [5.41, 5.74) is 1.53. The third kappa shape index (κ3) is 3.70. The van der Waals surface area contributed by atoms with Crippen LogP contribution in [0.3, 0.4) is 0 Å². The Morgan fingerprint density at radius 2 is 1.63 bits per heavy atom. The Labute approximate surface area is 114 Å². The van der Waals surface area contributed by atoms with E-state index in [-0.39, 0.29) is 5.91 Å². The van der Waals surface area contributed by atoms with Gasteiger partial charge in [-0.15, -0.1) is 0 Å². The van der Waals surface area contributed by atoms with Crippen molar-refractivity contribution >= 4 is 21.6 Å². The predicted octanol–water partition coefficient (Wildman–Crippen LogP) is 1.24. The standard InChI is InChI=1S/C13H20N2O3S/c1-10-6-8-12(9-7-10)15(19(5,17)18)11(2)13(16)14(3)4/h6-9,11H,1-5H3/t11-/m1/s1. The monoisotopic (exact) mass is 284 g/mol. The van der Waals surface area contributed by atoms with Crippen LogP contribution < -0.4 is 4.31 Å². The molecule has 0 N–H and O–H groups in total. The van der Waals surface area contributed by atoms with Gasteiger partial charge in [0.1, 0.15) is 6.04 Å². The van der Waals surface area contributed by atoms with Gasteiger partial charge in [0, 0.05) is 14.1 Å². The number of sulfonamides is 1. The molecule has 0 heterocycles. The van der Waals surface area contributed by atoms with E-state index in [9.17, 15) is 13.2 Å². The normalized spacial score (nSPS) is 12.9.